The number of carbonyl (C=O) groups excluding carboxylic acids is 1. The predicted octanol–water partition coefficient (Wildman–Crippen LogP) is 3.21. The van der Waals surface area contributed by atoms with E-state index in [0.717, 1.165) is 34.9 Å². The Morgan fingerprint density at radius 3 is 2.25 bits per heavy atom. The summed E-state index contributed by atoms with van der Waals surface area (Å²) in [6, 6.07) is -0.400. The lowest BCUT2D eigenvalue weighted by molar-refractivity contribution is -0.133. The predicted molar refractivity (Wildman–Crippen MR) is 95.3 cm³/mol. The number of carbonyl (C=O) groups is 1. The summed E-state index contributed by atoms with van der Waals surface area (Å²) in [7, 11) is 1.81. The van der Waals surface area contributed by atoms with Gasteiger partial charge in [0.2, 0.25) is 5.91 Å². The molecule has 0 N–H and O–H groups in total. The van der Waals surface area contributed by atoms with Crippen molar-refractivity contribution in [2.24, 2.45) is 0 Å². The first kappa shape index (κ1) is 18.5. The molecule has 0 aromatic carbocycles. The number of rotatable bonds is 5. The summed E-state index contributed by atoms with van der Waals surface area (Å²) in [5.41, 5.74) is 4.74. The minimum Gasteiger partial charge on any atom is -0.339 e. The summed E-state index contributed by atoms with van der Waals surface area (Å²) in [5.74, 6) is 0.000292. The van der Waals surface area contributed by atoms with E-state index < -0.39 is 6.04 Å². The molecule has 2 aromatic heterocycles. The van der Waals surface area contributed by atoms with Crippen LogP contribution in [-0.4, -0.2) is 37.4 Å². The molecule has 1 unspecified atom stereocenters. The second-order valence-corrected chi connectivity index (χ2v) is 6.64. The summed E-state index contributed by atoms with van der Waals surface area (Å²) < 4.78 is 3.67. The van der Waals surface area contributed by atoms with E-state index in [2.05, 4.69) is 17.1 Å². The Balaban J connectivity index is 2.20. The van der Waals surface area contributed by atoms with Crippen LogP contribution in [0.1, 0.15) is 48.2 Å². The highest BCUT2D eigenvalue weighted by Crippen LogP contribution is 2.23. The van der Waals surface area contributed by atoms with E-state index in [1.54, 1.807) is 9.58 Å². The Morgan fingerprint density at radius 2 is 1.79 bits per heavy atom. The number of hydrogen-bond acceptors (Lipinski definition) is 3. The Morgan fingerprint density at radius 1 is 1.17 bits per heavy atom. The van der Waals surface area contributed by atoms with Crippen molar-refractivity contribution in [3.63, 3.8) is 0 Å². The fourth-order valence-electron chi connectivity index (χ4n) is 3.03. The van der Waals surface area contributed by atoms with E-state index in [0.29, 0.717) is 11.6 Å². The number of amides is 1. The summed E-state index contributed by atoms with van der Waals surface area (Å²) in [6.07, 6.45) is 0. The van der Waals surface area contributed by atoms with Gasteiger partial charge >= 0.3 is 0 Å². The molecular weight excluding hydrogens is 326 g/mol. The van der Waals surface area contributed by atoms with Crippen LogP contribution in [-0.2, 0) is 17.9 Å². The number of likely N-dealkylation sites (N-methyl/N-ethyl adjacent to an activating group) is 1. The van der Waals surface area contributed by atoms with Gasteiger partial charge in [-0.05, 0) is 41.5 Å². The summed E-state index contributed by atoms with van der Waals surface area (Å²) >= 11 is 6.20. The zero-order valence-electron chi connectivity index (χ0n) is 15.5. The normalized spacial score (nSPS) is 12.5. The summed E-state index contributed by atoms with van der Waals surface area (Å²) in [5, 5.41) is 9.53. The molecule has 0 aliphatic carbocycles. The molecular formula is C17H26ClN5O. The van der Waals surface area contributed by atoms with E-state index >= 15 is 0 Å². The molecule has 0 saturated heterocycles. The fraction of sp³-hybridized carbons (Fsp3) is 0.588. The van der Waals surface area contributed by atoms with Crippen LogP contribution in [0, 0.1) is 27.7 Å². The van der Waals surface area contributed by atoms with Crippen molar-refractivity contribution >= 4 is 17.5 Å². The van der Waals surface area contributed by atoms with Gasteiger partial charge in [0.25, 0.3) is 0 Å². The number of nitrogens with zero attached hydrogens (tertiary/aromatic N) is 5. The van der Waals surface area contributed by atoms with Gasteiger partial charge in [-0.15, -0.1) is 0 Å². The highest BCUT2D eigenvalue weighted by molar-refractivity contribution is 6.31. The lowest BCUT2D eigenvalue weighted by atomic mass is 10.1. The van der Waals surface area contributed by atoms with Crippen LogP contribution in [0.15, 0.2) is 0 Å². The molecule has 0 saturated carbocycles. The topological polar surface area (TPSA) is 56.0 Å². The molecule has 0 bridgehead atoms. The monoisotopic (exact) mass is 351 g/mol. The molecule has 2 heterocycles. The Bertz CT molecular complexity index is 762. The Kier molecular flexibility index (Phi) is 5.38. The van der Waals surface area contributed by atoms with Gasteiger partial charge < -0.3 is 4.90 Å². The van der Waals surface area contributed by atoms with E-state index in [-0.39, 0.29) is 5.91 Å². The number of halogens is 1. The SMILES string of the molecule is CCn1nc(C)c(CN(C)C(=O)C(C)n2nc(C)c(Cl)c2C)c1C. The van der Waals surface area contributed by atoms with Crippen LogP contribution >= 0.6 is 11.6 Å². The molecule has 2 rings (SSSR count). The minimum atomic E-state index is -0.400. The van der Waals surface area contributed by atoms with E-state index in [4.69, 9.17) is 11.6 Å². The molecule has 0 fully saturated rings. The molecule has 6 nitrogen and oxygen atoms in total. The molecule has 0 aliphatic heterocycles. The first-order valence-electron chi connectivity index (χ1n) is 8.18. The maximum absolute atomic E-state index is 12.8. The third-order valence-electron chi connectivity index (χ3n) is 4.56. The van der Waals surface area contributed by atoms with Crippen LogP contribution in [0.5, 0.6) is 0 Å². The average molecular weight is 352 g/mol. The van der Waals surface area contributed by atoms with Crippen molar-refractivity contribution in [2.45, 2.75) is 60.7 Å². The molecule has 1 amide bonds. The Hall–Kier alpha value is -1.82. The highest BCUT2D eigenvalue weighted by Gasteiger charge is 2.24. The fourth-order valence-corrected chi connectivity index (χ4v) is 3.15. The van der Waals surface area contributed by atoms with Gasteiger partial charge in [-0.25, -0.2) is 0 Å². The maximum Gasteiger partial charge on any atom is 0.247 e. The molecule has 0 radical (unpaired) electrons. The van der Waals surface area contributed by atoms with Gasteiger partial charge in [0.05, 0.1) is 22.1 Å². The smallest absolute Gasteiger partial charge is 0.247 e. The maximum atomic E-state index is 12.8. The largest absolute Gasteiger partial charge is 0.339 e. The van der Waals surface area contributed by atoms with E-state index in [1.165, 1.54) is 0 Å². The standard InChI is InChI=1S/C17H26ClN5O/c1-8-22-12(4)15(10(2)19-22)9-21(7)17(24)14(6)23-13(5)16(18)11(3)20-23/h14H,8-9H2,1-7H3. The minimum absolute atomic E-state index is 0.000292. The van der Waals surface area contributed by atoms with E-state index in [9.17, 15) is 4.79 Å². The average Bonchev–Trinajstić information content (AvgIpc) is 2.97. The first-order chi connectivity index (χ1) is 11.2. The van der Waals surface area contributed by atoms with Crippen LogP contribution < -0.4 is 0 Å². The summed E-state index contributed by atoms with van der Waals surface area (Å²) in [6.45, 7) is 13.0. The van der Waals surface area contributed by atoms with Crippen LogP contribution in [0.4, 0.5) is 0 Å². The van der Waals surface area contributed by atoms with Gasteiger partial charge in [-0.2, -0.15) is 10.2 Å². The van der Waals surface area contributed by atoms with Gasteiger partial charge in [0, 0.05) is 31.4 Å². The molecule has 24 heavy (non-hydrogen) atoms. The van der Waals surface area contributed by atoms with Crippen molar-refractivity contribution in [2.75, 3.05) is 7.05 Å². The quantitative estimate of drug-likeness (QED) is 0.831. The van der Waals surface area contributed by atoms with Gasteiger partial charge in [0.1, 0.15) is 6.04 Å². The van der Waals surface area contributed by atoms with E-state index in [1.807, 2.05) is 46.3 Å². The van der Waals surface area contributed by atoms with Crippen molar-refractivity contribution in [1.82, 2.24) is 24.5 Å². The Labute approximate surface area is 148 Å². The van der Waals surface area contributed by atoms with Crippen LogP contribution in [0.3, 0.4) is 0 Å². The second-order valence-electron chi connectivity index (χ2n) is 6.26. The number of hydrogen-bond donors (Lipinski definition) is 0. The lowest BCUT2D eigenvalue weighted by Gasteiger charge is -2.22. The van der Waals surface area contributed by atoms with Gasteiger partial charge in [-0.3, -0.25) is 14.2 Å². The third-order valence-corrected chi connectivity index (χ3v) is 5.11. The zero-order chi connectivity index (χ0) is 18.2. The zero-order valence-corrected chi connectivity index (χ0v) is 16.3. The van der Waals surface area contributed by atoms with Gasteiger partial charge in [-0.1, -0.05) is 11.6 Å². The lowest BCUT2D eigenvalue weighted by Crippen LogP contribution is -2.33. The van der Waals surface area contributed by atoms with Crippen LogP contribution in [0.25, 0.3) is 0 Å². The molecule has 7 heteroatoms. The van der Waals surface area contributed by atoms with Crippen molar-refractivity contribution in [3.05, 3.63) is 33.4 Å². The van der Waals surface area contributed by atoms with Gasteiger partial charge in [0.15, 0.2) is 0 Å². The third kappa shape index (κ3) is 3.20. The van der Waals surface area contributed by atoms with Crippen molar-refractivity contribution < 1.29 is 4.79 Å². The number of aryl methyl sites for hydroxylation is 3. The molecule has 2 aromatic rings. The van der Waals surface area contributed by atoms with Crippen molar-refractivity contribution in [1.29, 1.82) is 0 Å². The highest BCUT2D eigenvalue weighted by atomic mass is 35.5. The molecule has 1 atom stereocenters. The molecule has 0 aliphatic rings. The molecule has 132 valence electrons. The van der Waals surface area contributed by atoms with Crippen LogP contribution in [0.2, 0.25) is 5.02 Å². The first-order valence-corrected chi connectivity index (χ1v) is 8.55. The second kappa shape index (κ2) is 6.97. The molecule has 0 spiro atoms. The van der Waals surface area contributed by atoms with Crippen molar-refractivity contribution in [3.8, 4) is 0 Å². The number of aromatic nitrogens is 4. The summed E-state index contributed by atoms with van der Waals surface area (Å²) in [4.78, 5) is 14.5.